The van der Waals surface area contributed by atoms with Crippen LogP contribution in [-0.4, -0.2) is 43.6 Å². The lowest BCUT2D eigenvalue weighted by Crippen LogP contribution is -2.26. The SMILES string of the molecule is NC1CCN(Cc2ccc3nnc(-c4ccc5cc(F)cc(C6CC6)c5n4)n3c2)C1. The maximum atomic E-state index is 14.0. The monoisotopic (exact) mass is 402 g/mol. The third kappa shape index (κ3) is 3.14. The molecule has 0 amide bonds. The second-order valence-electron chi connectivity index (χ2n) is 8.61. The van der Waals surface area contributed by atoms with Crippen molar-refractivity contribution >= 4 is 16.6 Å². The van der Waals surface area contributed by atoms with Crippen LogP contribution in [0.5, 0.6) is 0 Å². The van der Waals surface area contributed by atoms with Crippen molar-refractivity contribution < 1.29 is 4.39 Å². The lowest BCUT2D eigenvalue weighted by molar-refractivity contribution is 0.326. The van der Waals surface area contributed by atoms with Crippen LogP contribution in [0.15, 0.2) is 42.6 Å². The van der Waals surface area contributed by atoms with E-state index in [1.54, 1.807) is 12.1 Å². The van der Waals surface area contributed by atoms with E-state index in [1.165, 1.54) is 5.56 Å². The molecule has 1 aromatic carbocycles. The summed E-state index contributed by atoms with van der Waals surface area (Å²) in [6.07, 6.45) is 5.33. The first kappa shape index (κ1) is 17.9. The summed E-state index contributed by atoms with van der Waals surface area (Å²) in [6.45, 7) is 2.82. The smallest absolute Gasteiger partial charge is 0.187 e. The molecule has 4 aromatic rings. The molecular formula is C23H23FN6. The number of rotatable bonds is 4. The van der Waals surface area contributed by atoms with E-state index in [0.29, 0.717) is 11.7 Å². The predicted molar refractivity (Wildman–Crippen MR) is 114 cm³/mol. The van der Waals surface area contributed by atoms with Crippen molar-refractivity contribution in [2.24, 2.45) is 5.73 Å². The van der Waals surface area contributed by atoms with Gasteiger partial charge in [0.2, 0.25) is 0 Å². The van der Waals surface area contributed by atoms with E-state index in [-0.39, 0.29) is 11.9 Å². The number of likely N-dealkylation sites (tertiary alicyclic amines) is 1. The van der Waals surface area contributed by atoms with E-state index in [9.17, 15) is 4.39 Å². The number of aromatic nitrogens is 4. The summed E-state index contributed by atoms with van der Waals surface area (Å²) in [5, 5.41) is 9.57. The van der Waals surface area contributed by atoms with Crippen LogP contribution in [0.25, 0.3) is 28.1 Å². The number of nitrogens with zero attached hydrogens (tertiary/aromatic N) is 5. The number of halogens is 1. The van der Waals surface area contributed by atoms with Gasteiger partial charge in [-0.15, -0.1) is 10.2 Å². The largest absolute Gasteiger partial charge is 0.326 e. The molecule has 7 heteroatoms. The van der Waals surface area contributed by atoms with E-state index in [1.807, 2.05) is 22.6 Å². The van der Waals surface area contributed by atoms with Crippen molar-refractivity contribution in [3.8, 4) is 11.5 Å². The third-order valence-electron chi connectivity index (χ3n) is 6.21. The third-order valence-corrected chi connectivity index (χ3v) is 6.21. The van der Waals surface area contributed by atoms with Crippen LogP contribution in [0, 0.1) is 5.82 Å². The molecule has 3 aromatic heterocycles. The zero-order valence-corrected chi connectivity index (χ0v) is 16.6. The maximum absolute atomic E-state index is 14.0. The molecule has 6 rings (SSSR count). The Labute approximate surface area is 173 Å². The number of pyridine rings is 2. The Balaban J connectivity index is 1.41. The first-order valence-corrected chi connectivity index (χ1v) is 10.6. The highest BCUT2D eigenvalue weighted by Gasteiger charge is 2.27. The van der Waals surface area contributed by atoms with Gasteiger partial charge in [0, 0.05) is 37.3 Å². The second kappa shape index (κ2) is 6.82. The molecule has 152 valence electrons. The molecule has 30 heavy (non-hydrogen) atoms. The molecule has 4 heterocycles. The van der Waals surface area contributed by atoms with E-state index < -0.39 is 0 Å². The van der Waals surface area contributed by atoms with Crippen molar-refractivity contribution in [1.29, 1.82) is 0 Å². The normalized spacial score (nSPS) is 19.9. The van der Waals surface area contributed by atoms with E-state index in [0.717, 1.165) is 66.7 Å². The summed E-state index contributed by atoms with van der Waals surface area (Å²) < 4.78 is 16.0. The average Bonchev–Trinajstić information content (AvgIpc) is 3.38. The molecule has 1 saturated heterocycles. The molecule has 1 saturated carbocycles. The Morgan fingerprint density at radius 3 is 2.77 bits per heavy atom. The fourth-order valence-electron chi connectivity index (χ4n) is 4.52. The van der Waals surface area contributed by atoms with Gasteiger partial charge in [-0.25, -0.2) is 9.37 Å². The minimum Gasteiger partial charge on any atom is -0.326 e. The topological polar surface area (TPSA) is 72.3 Å². The van der Waals surface area contributed by atoms with Gasteiger partial charge >= 0.3 is 0 Å². The quantitative estimate of drug-likeness (QED) is 0.566. The fraction of sp³-hybridized carbons (Fsp3) is 0.348. The molecule has 1 atom stereocenters. The molecule has 0 radical (unpaired) electrons. The molecule has 2 fully saturated rings. The molecule has 0 spiro atoms. The fourth-order valence-corrected chi connectivity index (χ4v) is 4.52. The van der Waals surface area contributed by atoms with E-state index in [4.69, 9.17) is 10.7 Å². The zero-order chi connectivity index (χ0) is 20.2. The molecule has 1 unspecified atom stereocenters. The van der Waals surface area contributed by atoms with Crippen LogP contribution in [-0.2, 0) is 6.54 Å². The van der Waals surface area contributed by atoms with E-state index >= 15 is 0 Å². The minimum absolute atomic E-state index is 0.196. The van der Waals surface area contributed by atoms with Crippen molar-refractivity contribution in [3.63, 3.8) is 0 Å². The van der Waals surface area contributed by atoms with Crippen LogP contribution in [0.3, 0.4) is 0 Å². The number of hydrogen-bond acceptors (Lipinski definition) is 5. The van der Waals surface area contributed by atoms with Crippen LogP contribution < -0.4 is 5.73 Å². The molecular weight excluding hydrogens is 379 g/mol. The summed E-state index contributed by atoms with van der Waals surface area (Å²) in [4.78, 5) is 7.27. The first-order chi connectivity index (χ1) is 14.6. The lowest BCUT2D eigenvalue weighted by atomic mass is 10.0. The van der Waals surface area contributed by atoms with Gasteiger partial charge in [-0.1, -0.05) is 12.1 Å². The van der Waals surface area contributed by atoms with Gasteiger partial charge in [0.05, 0.1) is 5.52 Å². The van der Waals surface area contributed by atoms with Crippen molar-refractivity contribution in [1.82, 2.24) is 24.5 Å². The first-order valence-electron chi connectivity index (χ1n) is 10.6. The number of fused-ring (bicyclic) bond motifs is 2. The van der Waals surface area contributed by atoms with Gasteiger partial charge in [0.25, 0.3) is 0 Å². The number of benzene rings is 1. The average molecular weight is 402 g/mol. The van der Waals surface area contributed by atoms with Crippen LogP contribution in [0.1, 0.15) is 36.3 Å². The van der Waals surface area contributed by atoms with Gasteiger partial charge in [-0.2, -0.15) is 0 Å². The Morgan fingerprint density at radius 1 is 1.07 bits per heavy atom. The Bertz CT molecular complexity index is 1260. The minimum atomic E-state index is -0.196. The van der Waals surface area contributed by atoms with Gasteiger partial charge in [-0.05, 0) is 60.6 Å². The van der Waals surface area contributed by atoms with Crippen molar-refractivity contribution in [2.45, 2.75) is 37.8 Å². The summed E-state index contributed by atoms with van der Waals surface area (Å²) in [6, 6.07) is 11.4. The van der Waals surface area contributed by atoms with Gasteiger partial charge < -0.3 is 5.73 Å². The zero-order valence-electron chi connectivity index (χ0n) is 16.6. The maximum Gasteiger partial charge on any atom is 0.187 e. The highest BCUT2D eigenvalue weighted by molar-refractivity contribution is 5.85. The molecule has 2 aliphatic rings. The predicted octanol–water partition coefficient (Wildman–Crippen LogP) is 3.49. The summed E-state index contributed by atoms with van der Waals surface area (Å²) in [5.74, 6) is 0.927. The second-order valence-corrected chi connectivity index (χ2v) is 8.61. The molecule has 2 N–H and O–H groups in total. The van der Waals surface area contributed by atoms with Gasteiger partial charge in [0.15, 0.2) is 11.5 Å². The summed E-state index contributed by atoms with van der Waals surface area (Å²) >= 11 is 0. The Hall–Kier alpha value is -2.90. The molecule has 1 aliphatic heterocycles. The van der Waals surface area contributed by atoms with Crippen LogP contribution >= 0.6 is 0 Å². The standard InChI is InChI=1S/C23H23FN6/c24-17-9-16-4-5-20(26-22(16)19(10-17)15-2-3-15)23-28-27-21-6-1-14(12-30(21)23)11-29-8-7-18(25)13-29/h1,4-6,9-10,12,15,18H,2-3,7-8,11,13,25H2. The van der Waals surface area contributed by atoms with E-state index in [2.05, 4.69) is 27.4 Å². The molecule has 0 bridgehead atoms. The molecule has 1 aliphatic carbocycles. The lowest BCUT2D eigenvalue weighted by Gasteiger charge is -2.15. The number of nitrogens with two attached hydrogens (primary N) is 1. The van der Waals surface area contributed by atoms with Crippen LogP contribution in [0.2, 0.25) is 0 Å². The number of hydrogen-bond donors (Lipinski definition) is 1. The van der Waals surface area contributed by atoms with Crippen LogP contribution in [0.4, 0.5) is 4.39 Å². The summed E-state index contributed by atoms with van der Waals surface area (Å²) in [5.41, 5.74) is 10.7. The Kier molecular flexibility index (Phi) is 4.07. The summed E-state index contributed by atoms with van der Waals surface area (Å²) in [7, 11) is 0. The highest BCUT2D eigenvalue weighted by atomic mass is 19.1. The molecule has 6 nitrogen and oxygen atoms in total. The van der Waals surface area contributed by atoms with Crippen molar-refractivity contribution in [3.05, 3.63) is 59.5 Å². The van der Waals surface area contributed by atoms with Crippen molar-refractivity contribution in [2.75, 3.05) is 13.1 Å². The Morgan fingerprint density at radius 2 is 1.97 bits per heavy atom. The highest BCUT2D eigenvalue weighted by Crippen LogP contribution is 2.43. The van der Waals surface area contributed by atoms with Gasteiger partial charge in [-0.3, -0.25) is 9.30 Å². The van der Waals surface area contributed by atoms with Gasteiger partial charge in [0.1, 0.15) is 11.5 Å².